The first-order valence-corrected chi connectivity index (χ1v) is 17.5. The quantitative estimate of drug-likeness (QED) is 0.145. The first-order valence-electron chi connectivity index (χ1n) is 15.7. The average molecular weight is 670 g/mol. The molecular formula is C31H49BrN4O5S. The van der Waals surface area contributed by atoms with Crippen LogP contribution in [-0.2, 0) is 19.1 Å². The number of nitrogens with zero attached hydrogens (tertiary/aromatic N) is 4. The third-order valence-electron chi connectivity index (χ3n) is 9.22. The lowest BCUT2D eigenvalue weighted by molar-refractivity contribution is -0.144. The van der Waals surface area contributed by atoms with Gasteiger partial charge < -0.3 is 24.5 Å². The van der Waals surface area contributed by atoms with Crippen molar-refractivity contribution in [3.8, 4) is 0 Å². The highest BCUT2D eigenvalue weighted by Gasteiger charge is 2.75. The predicted octanol–water partition coefficient (Wildman–Crippen LogP) is 2.78. The Morgan fingerprint density at radius 1 is 1.07 bits per heavy atom. The fourth-order valence-electron chi connectivity index (χ4n) is 7.31. The lowest BCUT2D eigenvalue weighted by Gasteiger charge is -2.39. The Morgan fingerprint density at radius 3 is 2.38 bits per heavy atom. The second-order valence-electron chi connectivity index (χ2n) is 11.9. The summed E-state index contributed by atoms with van der Waals surface area (Å²) in [5.41, 5.74) is 0. The molecule has 4 aliphatic heterocycles. The number of amides is 3. The molecule has 4 fully saturated rings. The third kappa shape index (κ3) is 6.80. The van der Waals surface area contributed by atoms with Crippen LogP contribution in [0.5, 0.6) is 0 Å². The van der Waals surface area contributed by atoms with E-state index in [4.69, 9.17) is 4.74 Å². The van der Waals surface area contributed by atoms with Crippen LogP contribution in [-0.4, -0.2) is 135 Å². The van der Waals surface area contributed by atoms with Crippen LogP contribution in [0.15, 0.2) is 25.3 Å². The minimum Gasteiger partial charge on any atom is -0.396 e. The van der Waals surface area contributed by atoms with Crippen molar-refractivity contribution >= 4 is 45.4 Å². The lowest BCUT2D eigenvalue weighted by Crippen LogP contribution is -2.56. The van der Waals surface area contributed by atoms with E-state index in [1.165, 1.54) is 0 Å². The molecule has 3 amide bonds. The number of likely N-dealkylation sites (tertiary alicyclic amines) is 1. The van der Waals surface area contributed by atoms with Gasteiger partial charge in [-0.15, -0.1) is 24.9 Å². The summed E-state index contributed by atoms with van der Waals surface area (Å²) in [6.45, 7) is 16.3. The monoisotopic (exact) mass is 668 g/mol. The molecule has 0 aromatic carbocycles. The van der Waals surface area contributed by atoms with Gasteiger partial charge in [-0.25, -0.2) is 0 Å². The molecule has 6 atom stereocenters. The minimum atomic E-state index is -0.650. The van der Waals surface area contributed by atoms with Gasteiger partial charge in [0, 0.05) is 69.0 Å². The number of carbonyl (C=O) groups is 3. The maximum atomic E-state index is 14.6. The Labute approximate surface area is 264 Å². The molecule has 0 saturated carbocycles. The largest absolute Gasteiger partial charge is 0.396 e. The highest BCUT2D eigenvalue weighted by atomic mass is 79.9. The summed E-state index contributed by atoms with van der Waals surface area (Å²) >= 11 is 5.59. The summed E-state index contributed by atoms with van der Waals surface area (Å²) in [5, 5.41) is 9.16. The number of halogens is 1. The minimum absolute atomic E-state index is 0.00452. The van der Waals surface area contributed by atoms with E-state index in [9.17, 15) is 19.5 Å². The smallest absolute Gasteiger partial charge is 0.247 e. The summed E-state index contributed by atoms with van der Waals surface area (Å²) in [6, 6.07) is -0.621. The Hall–Kier alpha value is -1.40. The number of fused-ring (bicyclic) bond motifs is 1. The van der Waals surface area contributed by atoms with Gasteiger partial charge in [-0.1, -0.05) is 47.8 Å². The Bertz CT molecular complexity index is 981. The molecular weight excluding hydrogens is 620 g/mol. The zero-order valence-electron chi connectivity index (χ0n) is 25.1. The van der Waals surface area contributed by atoms with Crippen LogP contribution in [0.25, 0.3) is 0 Å². The van der Waals surface area contributed by atoms with Crippen molar-refractivity contribution in [3.63, 3.8) is 0 Å². The lowest BCUT2D eigenvalue weighted by atomic mass is 9.70. The molecule has 4 rings (SSSR count). The van der Waals surface area contributed by atoms with Gasteiger partial charge in [0.1, 0.15) is 6.04 Å². The second kappa shape index (κ2) is 15.5. The van der Waals surface area contributed by atoms with Gasteiger partial charge >= 0.3 is 0 Å². The molecule has 0 radical (unpaired) electrons. The van der Waals surface area contributed by atoms with Crippen LogP contribution in [0.1, 0.15) is 45.4 Å². The molecule has 0 aliphatic carbocycles. The summed E-state index contributed by atoms with van der Waals surface area (Å²) in [7, 11) is 0. The van der Waals surface area contributed by atoms with Crippen molar-refractivity contribution in [2.45, 2.75) is 66.3 Å². The van der Waals surface area contributed by atoms with Crippen LogP contribution in [0.2, 0.25) is 0 Å². The van der Waals surface area contributed by atoms with Crippen molar-refractivity contribution in [2.75, 3.05) is 72.2 Å². The molecule has 1 N–H and O–H groups in total. The maximum Gasteiger partial charge on any atom is 0.247 e. The fraction of sp³-hybridized carbons (Fsp3) is 0.774. The zero-order valence-corrected chi connectivity index (χ0v) is 27.5. The Morgan fingerprint density at radius 2 is 1.74 bits per heavy atom. The van der Waals surface area contributed by atoms with E-state index in [-0.39, 0.29) is 34.4 Å². The number of alkyl halides is 1. The molecule has 0 aromatic rings. The highest BCUT2D eigenvalue weighted by molar-refractivity contribution is 9.09. The molecule has 3 unspecified atom stereocenters. The number of hydrogen-bond donors (Lipinski definition) is 1. The van der Waals surface area contributed by atoms with E-state index >= 15 is 0 Å². The Balaban J connectivity index is 1.64. The van der Waals surface area contributed by atoms with E-state index in [2.05, 4.69) is 34.0 Å². The molecule has 1 spiro atoms. The fourth-order valence-corrected chi connectivity index (χ4v) is 10.9. The highest BCUT2D eigenvalue weighted by Crippen LogP contribution is 2.68. The van der Waals surface area contributed by atoms with Crippen molar-refractivity contribution in [2.24, 2.45) is 11.8 Å². The number of morpholine rings is 1. The van der Waals surface area contributed by atoms with Gasteiger partial charge in [-0.2, -0.15) is 0 Å². The van der Waals surface area contributed by atoms with Gasteiger partial charge in [0.25, 0.3) is 0 Å². The van der Waals surface area contributed by atoms with Gasteiger partial charge in [0.15, 0.2) is 0 Å². The molecule has 9 nitrogen and oxygen atoms in total. The number of unbranched alkanes of at least 4 members (excludes halogenated alkanes) is 3. The number of ether oxygens (including phenoxy) is 1. The van der Waals surface area contributed by atoms with E-state index in [0.29, 0.717) is 52.4 Å². The predicted molar refractivity (Wildman–Crippen MR) is 171 cm³/mol. The van der Waals surface area contributed by atoms with Crippen LogP contribution in [0.4, 0.5) is 0 Å². The van der Waals surface area contributed by atoms with Gasteiger partial charge in [0.2, 0.25) is 17.7 Å². The average Bonchev–Trinajstić information content (AvgIpc) is 3.58. The van der Waals surface area contributed by atoms with Crippen LogP contribution >= 0.6 is 27.7 Å². The van der Waals surface area contributed by atoms with E-state index in [1.54, 1.807) is 23.9 Å². The standard InChI is InChI=1S/C31H49BrN4O5S/c1-4-11-34(12-5-2)28(38)24-25-29(39)36(14-9-7-8-10-19-37)27(31(25)22-23(32)26(24)42-31)30(40)35(13-6-3)16-15-33-17-20-41-21-18-33/h4,6,23-27,37H,1,3,5,7-22H2,2H3/t23?,24-,25-,26-,27?,31?/m0/s1. The van der Waals surface area contributed by atoms with Gasteiger partial charge in [-0.05, 0) is 25.7 Å². The zero-order chi connectivity index (χ0) is 30.3. The van der Waals surface area contributed by atoms with Crippen molar-refractivity contribution < 1.29 is 24.2 Å². The molecule has 2 bridgehead atoms. The summed E-state index contributed by atoms with van der Waals surface area (Å²) < 4.78 is 4.85. The summed E-state index contributed by atoms with van der Waals surface area (Å²) in [4.78, 5) is 51.0. The third-order valence-corrected chi connectivity index (χ3v) is 12.4. The first kappa shape index (κ1) is 33.5. The number of hydrogen-bond acceptors (Lipinski definition) is 7. The first-order chi connectivity index (χ1) is 20.3. The number of aliphatic hydroxyl groups excluding tert-OH is 1. The van der Waals surface area contributed by atoms with E-state index in [1.807, 2.05) is 21.6 Å². The van der Waals surface area contributed by atoms with Crippen molar-refractivity contribution in [3.05, 3.63) is 25.3 Å². The molecule has 4 saturated heterocycles. The van der Waals surface area contributed by atoms with Crippen molar-refractivity contribution in [1.29, 1.82) is 0 Å². The van der Waals surface area contributed by atoms with Crippen LogP contribution < -0.4 is 0 Å². The molecule has 4 aliphatic rings. The molecule has 0 aromatic heterocycles. The van der Waals surface area contributed by atoms with Crippen LogP contribution in [0, 0.1) is 11.8 Å². The van der Waals surface area contributed by atoms with Gasteiger partial charge in [0.05, 0.1) is 29.8 Å². The maximum absolute atomic E-state index is 14.6. The van der Waals surface area contributed by atoms with Crippen LogP contribution in [0.3, 0.4) is 0 Å². The summed E-state index contributed by atoms with van der Waals surface area (Å²) in [6.07, 6.45) is 8.26. The Kier molecular flexibility index (Phi) is 12.4. The van der Waals surface area contributed by atoms with E-state index < -0.39 is 22.6 Å². The number of rotatable bonds is 17. The summed E-state index contributed by atoms with van der Waals surface area (Å²) in [5.74, 6) is -1.07. The number of thioether (sulfide) groups is 1. The second-order valence-corrected chi connectivity index (χ2v) is 14.6. The number of carbonyl (C=O) groups excluding carboxylic acids is 3. The molecule has 4 heterocycles. The normalized spacial score (nSPS) is 30.4. The van der Waals surface area contributed by atoms with Gasteiger partial charge in [-0.3, -0.25) is 19.3 Å². The molecule has 236 valence electrons. The number of aliphatic hydroxyl groups is 1. The van der Waals surface area contributed by atoms with Crippen molar-refractivity contribution in [1.82, 2.24) is 19.6 Å². The van der Waals surface area contributed by atoms with E-state index in [0.717, 1.165) is 51.7 Å². The topological polar surface area (TPSA) is 93.6 Å². The molecule has 42 heavy (non-hydrogen) atoms. The SMILES string of the molecule is C=CCN(CCN1CCOCC1)C(=O)C1N(CCCCCCO)C(=O)[C@@H]2[C@H](C(=O)N(CC=C)CCC)[C@H]3SC12CC3Br. The molecule has 11 heteroatoms.